The van der Waals surface area contributed by atoms with Gasteiger partial charge in [0.05, 0.1) is 4.91 Å². The lowest BCUT2D eigenvalue weighted by Crippen LogP contribution is -2.17. The molecule has 0 spiro atoms. The summed E-state index contributed by atoms with van der Waals surface area (Å²) in [5.74, 6) is 0.526. The van der Waals surface area contributed by atoms with E-state index in [2.05, 4.69) is 5.32 Å². The molecule has 0 atom stereocenters. The van der Waals surface area contributed by atoms with Crippen LogP contribution in [0.3, 0.4) is 0 Å². The highest BCUT2D eigenvalue weighted by Crippen LogP contribution is 2.31. The summed E-state index contributed by atoms with van der Waals surface area (Å²) in [5, 5.41) is 1.82. The molecule has 0 bridgehead atoms. The van der Waals surface area contributed by atoms with Crippen molar-refractivity contribution in [1.82, 2.24) is 5.32 Å². The summed E-state index contributed by atoms with van der Waals surface area (Å²) in [5.41, 5.74) is 0.697. The van der Waals surface area contributed by atoms with Crippen LogP contribution < -0.4 is 14.8 Å². The monoisotopic (exact) mass is 325 g/mol. The number of amides is 2. The van der Waals surface area contributed by atoms with E-state index in [1.54, 1.807) is 24.3 Å². The first kappa shape index (κ1) is 16.3. The zero-order valence-corrected chi connectivity index (χ0v) is 12.9. The number of methoxy groups -OCH3 is 2. The molecule has 0 radical (unpaired) electrons. The minimum absolute atomic E-state index is 0.0527. The zero-order valence-electron chi connectivity index (χ0n) is 12.1. The highest BCUT2D eigenvalue weighted by molar-refractivity contribution is 8.18. The number of nitrogens with one attached hydrogen (secondary N) is 1. The van der Waals surface area contributed by atoms with E-state index < -0.39 is 5.91 Å². The third kappa shape index (κ3) is 4.23. The molecule has 2 rings (SSSR count). The largest absolute Gasteiger partial charge is 0.464 e. The fraction of sp³-hybridized carbons (Fsp3) is 0.286. The molecule has 22 heavy (non-hydrogen) atoms. The van der Waals surface area contributed by atoms with Gasteiger partial charge in [-0.25, -0.2) is 0 Å². The SMILES string of the molecule is COCOc1ccc(/C=C2\SC(=O)NC2=O)cc1OCOC. The van der Waals surface area contributed by atoms with Crippen molar-refractivity contribution in [1.29, 1.82) is 0 Å². The van der Waals surface area contributed by atoms with Crippen LogP contribution in [-0.2, 0) is 14.3 Å². The van der Waals surface area contributed by atoms with E-state index in [-0.39, 0.29) is 18.8 Å². The number of thioether (sulfide) groups is 1. The number of rotatable bonds is 7. The van der Waals surface area contributed by atoms with Crippen molar-refractivity contribution in [3.05, 3.63) is 28.7 Å². The summed E-state index contributed by atoms with van der Waals surface area (Å²) in [6, 6.07) is 5.12. The van der Waals surface area contributed by atoms with Crippen molar-refractivity contribution < 1.29 is 28.5 Å². The summed E-state index contributed by atoms with van der Waals surface area (Å²) < 4.78 is 20.5. The topological polar surface area (TPSA) is 83.1 Å². The van der Waals surface area contributed by atoms with Gasteiger partial charge in [-0.15, -0.1) is 0 Å². The van der Waals surface area contributed by atoms with Crippen molar-refractivity contribution in [3.8, 4) is 11.5 Å². The Balaban J connectivity index is 2.23. The Hall–Kier alpha value is -2.03. The molecule has 1 aromatic rings. The number of ether oxygens (including phenoxy) is 4. The van der Waals surface area contributed by atoms with Crippen molar-refractivity contribution in [2.75, 3.05) is 27.8 Å². The molecule has 0 aromatic heterocycles. The second-order valence-corrected chi connectivity index (χ2v) is 5.17. The quantitative estimate of drug-likeness (QED) is 0.606. The summed E-state index contributed by atoms with van der Waals surface area (Å²) >= 11 is 0.855. The second kappa shape index (κ2) is 7.83. The molecule has 1 heterocycles. The Kier molecular flexibility index (Phi) is 5.82. The minimum atomic E-state index is -0.408. The number of imide groups is 1. The van der Waals surface area contributed by atoms with E-state index in [1.807, 2.05) is 0 Å². The molecule has 1 aliphatic heterocycles. The van der Waals surface area contributed by atoms with Crippen LogP contribution in [-0.4, -0.2) is 39.0 Å². The molecule has 1 aromatic carbocycles. The molecular weight excluding hydrogens is 310 g/mol. The van der Waals surface area contributed by atoms with Crippen molar-refractivity contribution in [3.63, 3.8) is 0 Å². The Bertz CT molecular complexity index is 601. The van der Waals surface area contributed by atoms with Gasteiger partial charge >= 0.3 is 0 Å². The number of carbonyl (C=O) groups is 2. The smallest absolute Gasteiger partial charge is 0.290 e. The van der Waals surface area contributed by atoms with Gasteiger partial charge in [0.1, 0.15) is 0 Å². The fourth-order valence-corrected chi connectivity index (χ4v) is 2.35. The molecule has 1 saturated heterocycles. The van der Waals surface area contributed by atoms with Crippen LogP contribution in [0.15, 0.2) is 23.1 Å². The first-order chi connectivity index (χ1) is 10.6. The third-order valence-corrected chi connectivity index (χ3v) is 3.38. The standard InChI is InChI=1S/C14H15NO6S/c1-18-7-20-10-4-3-9(5-11(10)21-8-19-2)6-12-13(16)15-14(17)22-12/h3-6H,7-8H2,1-2H3,(H,15,16,17)/b12-6-. The molecule has 7 nitrogen and oxygen atoms in total. The van der Waals surface area contributed by atoms with Gasteiger partial charge in [0, 0.05) is 14.2 Å². The molecule has 0 saturated carbocycles. The lowest BCUT2D eigenvalue weighted by molar-refractivity contribution is -0.115. The number of hydrogen-bond donors (Lipinski definition) is 1. The van der Waals surface area contributed by atoms with Crippen LogP contribution in [0.5, 0.6) is 11.5 Å². The Morgan fingerprint density at radius 2 is 1.77 bits per heavy atom. The maximum absolute atomic E-state index is 11.5. The highest BCUT2D eigenvalue weighted by atomic mass is 32.2. The first-order valence-corrected chi connectivity index (χ1v) is 7.08. The molecule has 1 N–H and O–H groups in total. The van der Waals surface area contributed by atoms with Gasteiger partial charge in [0.2, 0.25) is 0 Å². The van der Waals surface area contributed by atoms with E-state index in [1.165, 1.54) is 14.2 Å². The van der Waals surface area contributed by atoms with E-state index >= 15 is 0 Å². The highest BCUT2D eigenvalue weighted by Gasteiger charge is 2.25. The van der Waals surface area contributed by atoms with E-state index in [0.717, 1.165) is 11.8 Å². The van der Waals surface area contributed by atoms with Gasteiger partial charge in [-0.05, 0) is 35.5 Å². The number of carbonyl (C=O) groups excluding carboxylic acids is 2. The molecule has 8 heteroatoms. The molecule has 1 aliphatic rings. The summed E-state index contributed by atoms with van der Waals surface area (Å²) in [4.78, 5) is 23.0. The maximum atomic E-state index is 11.5. The molecule has 0 aliphatic carbocycles. The van der Waals surface area contributed by atoms with E-state index in [4.69, 9.17) is 18.9 Å². The van der Waals surface area contributed by atoms with E-state index in [9.17, 15) is 9.59 Å². The Labute approximate surface area is 131 Å². The van der Waals surface area contributed by atoms with Crippen LogP contribution in [0.25, 0.3) is 6.08 Å². The fourth-order valence-electron chi connectivity index (χ4n) is 1.66. The average Bonchev–Trinajstić information content (AvgIpc) is 2.81. The van der Waals surface area contributed by atoms with Gasteiger partial charge < -0.3 is 18.9 Å². The number of benzene rings is 1. The summed E-state index contributed by atoms with van der Waals surface area (Å²) in [7, 11) is 3.02. The Morgan fingerprint density at radius 1 is 1.09 bits per heavy atom. The lowest BCUT2D eigenvalue weighted by Gasteiger charge is -2.12. The molecule has 0 unspecified atom stereocenters. The normalized spacial score (nSPS) is 16.0. The van der Waals surface area contributed by atoms with Gasteiger partial charge in [-0.2, -0.15) is 0 Å². The minimum Gasteiger partial charge on any atom is -0.464 e. The second-order valence-electron chi connectivity index (χ2n) is 4.16. The lowest BCUT2D eigenvalue weighted by atomic mass is 10.2. The van der Waals surface area contributed by atoms with Gasteiger partial charge in [0.25, 0.3) is 11.1 Å². The predicted octanol–water partition coefficient (Wildman–Crippen LogP) is 1.98. The van der Waals surface area contributed by atoms with Crippen molar-refractivity contribution >= 4 is 29.0 Å². The summed E-state index contributed by atoms with van der Waals surface area (Å²) in [6.07, 6.45) is 1.60. The predicted molar refractivity (Wildman–Crippen MR) is 80.6 cm³/mol. The molecule has 1 fully saturated rings. The maximum Gasteiger partial charge on any atom is 0.290 e. The van der Waals surface area contributed by atoms with Crippen LogP contribution in [0.1, 0.15) is 5.56 Å². The number of hydrogen-bond acceptors (Lipinski definition) is 7. The average molecular weight is 325 g/mol. The first-order valence-electron chi connectivity index (χ1n) is 6.26. The van der Waals surface area contributed by atoms with Crippen LogP contribution in [0.2, 0.25) is 0 Å². The molecule has 2 amide bonds. The van der Waals surface area contributed by atoms with Gasteiger partial charge in [-0.1, -0.05) is 6.07 Å². The zero-order chi connectivity index (χ0) is 15.9. The molecule has 118 valence electrons. The summed E-state index contributed by atoms with van der Waals surface area (Å²) in [6.45, 7) is 0.133. The van der Waals surface area contributed by atoms with Gasteiger partial charge in [-0.3, -0.25) is 14.9 Å². The van der Waals surface area contributed by atoms with Crippen LogP contribution in [0.4, 0.5) is 4.79 Å². The van der Waals surface area contributed by atoms with E-state index in [0.29, 0.717) is 22.0 Å². The van der Waals surface area contributed by atoms with Crippen LogP contribution in [0, 0.1) is 0 Å². The Morgan fingerprint density at radius 3 is 2.36 bits per heavy atom. The van der Waals surface area contributed by atoms with Gasteiger partial charge in [0.15, 0.2) is 25.1 Å². The van der Waals surface area contributed by atoms with Crippen molar-refractivity contribution in [2.45, 2.75) is 0 Å². The van der Waals surface area contributed by atoms with Crippen LogP contribution >= 0.6 is 11.8 Å². The van der Waals surface area contributed by atoms with Crippen molar-refractivity contribution in [2.24, 2.45) is 0 Å². The third-order valence-electron chi connectivity index (χ3n) is 2.57. The molecular formula is C14H15NO6S.